The van der Waals surface area contributed by atoms with Crippen molar-refractivity contribution in [2.45, 2.75) is 6.54 Å². The second-order valence-electron chi connectivity index (χ2n) is 6.53. The van der Waals surface area contributed by atoms with Gasteiger partial charge < -0.3 is 4.57 Å². The van der Waals surface area contributed by atoms with Gasteiger partial charge in [-0.2, -0.15) is 0 Å². The predicted molar refractivity (Wildman–Crippen MR) is 117 cm³/mol. The Morgan fingerprint density at radius 2 is 1.68 bits per heavy atom. The summed E-state index contributed by atoms with van der Waals surface area (Å²) in [6.45, 7) is 0.622. The normalized spacial score (nSPS) is 11.4. The summed E-state index contributed by atoms with van der Waals surface area (Å²) in [4.78, 5) is 12.4. The number of benzene rings is 3. The molecule has 4 heteroatoms. The summed E-state index contributed by atoms with van der Waals surface area (Å²) in [5, 5.41) is 2.35. The third-order valence-electron chi connectivity index (χ3n) is 4.65. The zero-order chi connectivity index (χ0) is 19.5. The van der Waals surface area contributed by atoms with Crippen LogP contribution in [0.2, 0.25) is 10.0 Å². The van der Waals surface area contributed by atoms with Crippen molar-refractivity contribution in [2.75, 3.05) is 0 Å². The molecule has 0 saturated carbocycles. The van der Waals surface area contributed by atoms with Gasteiger partial charge >= 0.3 is 0 Å². The van der Waals surface area contributed by atoms with Gasteiger partial charge in [-0.25, -0.2) is 0 Å². The molecule has 0 N–H and O–H groups in total. The second kappa shape index (κ2) is 8.05. The lowest BCUT2D eigenvalue weighted by atomic mass is 10.1. The Morgan fingerprint density at radius 1 is 0.929 bits per heavy atom. The highest BCUT2D eigenvalue weighted by molar-refractivity contribution is 6.35. The molecule has 0 spiro atoms. The fourth-order valence-corrected chi connectivity index (χ4v) is 3.70. The average Bonchev–Trinajstić information content (AvgIpc) is 3.07. The van der Waals surface area contributed by atoms with Gasteiger partial charge in [0.15, 0.2) is 5.78 Å². The lowest BCUT2D eigenvalue weighted by Crippen LogP contribution is -1.98. The minimum Gasteiger partial charge on any atom is -0.342 e. The van der Waals surface area contributed by atoms with Gasteiger partial charge in [-0.1, -0.05) is 77.8 Å². The zero-order valence-electron chi connectivity index (χ0n) is 15.0. The van der Waals surface area contributed by atoms with Crippen molar-refractivity contribution in [3.8, 4) is 0 Å². The van der Waals surface area contributed by atoms with Crippen LogP contribution in [0, 0.1) is 0 Å². The van der Waals surface area contributed by atoms with Crippen LogP contribution in [0.1, 0.15) is 21.5 Å². The van der Waals surface area contributed by atoms with E-state index in [-0.39, 0.29) is 5.78 Å². The molecule has 1 heterocycles. The smallest absolute Gasteiger partial charge is 0.185 e. The van der Waals surface area contributed by atoms with Crippen molar-refractivity contribution in [1.29, 1.82) is 0 Å². The van der Waals surface area contributed by atoms with Crippen LogP contribution in [0.4, 0.5) is 0 Å². The van der Waals surface area contributed by atoms with Gasteiger partial charge in [0.05, 0.1) is 0 Å². The highest BCUT2D eigenvalue weighted by atomic mass is 35.5. The van der Waals surface area contributed by atoms with Gasteiger partial charge in [-0.05, 0) is 35.9 Å². The summed E-state index contributed by atoms with van der Waals surface area (Å²) in [6.07, 6.45) is 5.54. The number of allylic oxidation sites excluding steroid dienone is 1. The first-order chi connectivity index (χ1) is 13.6. The monoisotopic (exact) mass is 405 g/mol. The first-order valence-corrected chi connectivity index (χ1v) is 9.67. The van der Waals surface area contributed by atoms with Gasteiger partial charge in [0, 0.05) is 44.8 Å². The number of fused-ring (bicyclic) bond motifs is 1. The SMILES string of the molecule is O=C(/C=C/c1cn(Cc2ccc(Cl)cc2Cl)c2ccccc12)c1ccccc1. The van der Waals surface area contributed by atoms with Crippen molar-refractivity contribution in [1.82, 2.24) is 4.57 Å². The second-order valence-corrected chi connectivity index (χ2v) is 7.37. The highest BCUT2D eigenvalue weighted by Crippen LogP contribution is 2.27. The van der Waals surface area contributed by atoms with Crippen LogP contribution in [0.15, 0.2) is 85.1 Å². The molecular formula is C24H17Cl2NO. The highest BCUT2D eigenvalue weighted by Gasteiger charge is 2.09. The van der Waals surface area contributed by atoms with E-state index in [0.717, 1.165) is 22.0 Å². The van der Waals surface area contributed by atoms with E-state index in [0.29, 0.717) is 22.2 Å². The summed E-state index contributed by atoms with van der Waals surface area (Å²) in [5.41, 5.74) is 3.74. The van der Waals surface area contributed by atoms with Crippen molar-refractivity contribution in [2.24, 2.45) is 0 Å². The molecule has 2 nitrogen and oxygen atoms in total. The molecule has 0 aliphatic heterocycles. The third kappa shape index (κ3) is 3.89. The lowest BCUT2D eigenvalue weighted by molar-refractivity contribution is 0.104. The molecule has 1 aromatic heterocycles. The summed E-state index contributed by atoms with van der Waals surface area (Å²) < 4.78 is 2.14. The fourth-order valence-electron chi connectivity index (χ4n) is 3.24. The van der Waals surface area contributed by atoms with E-state index in [4.69, 9.17) is 23.2 Å². The van der Waals surface area contributed by atoms with Crippen LogP contribution >= 0.6 is 23.2 Å². The van der Waals surface area contributed by atoms with Gasteiger partial charge in [-0.3, -0.25) is 4.79 Å². The van der Waals surface area contributed by atoms with E-state index < -0.39 is 0 Å². The molecule has 0 aliphatic carbocycles. The predicted octanol–water partition coefficient (Wildman–Crippen LogP) is 6.89. The molecule has 0 unspecified atom stereocenters. The lowest BCUT2D eigenvalue weighted by Gasteiger charge is -2.08. The maximum absolute atomic E-state index is 12.4. The molecular weight excluding hydrogens is 389 g/mol. The maximum atomic E-state index is 12.4. The van der Waals surface area contributed by atoms with E-state index >= 15 is 0 Å². The number of hydrogen-bond donors (Lipinski definition) is 0. The van der Waals surface area contributed by atoms with Crippen molar-refractivity contribution < 1.29 is 4.79 Å². The molecule has 0 aliphatic rings. The summed E-state index contributed by atoms with van der Waals surface area (Å²) in [6, 6.07) is 22.9. The number of hydrogen-bond acceptors (Lipinski definition) is 1. The molecule has 0 atom stereocenters. The van der Waals surface area contributed by atoms with E-state index in [1.165, 1.54) is 0 Å². The summed E-state index contributed by atoms with van der Waals surface area (Å²) >= 11 is 12.4. The van der Waals surface area contributed by atoms with E-state index in [9.17, 15) is 4.79 Å². The topological polar surface area (TPSA) is 22.0 Å². The van der Waals surface area contributed by atoms with Gasteiger partial charge in [0.2, 0.25) is 0 Å². The summed E-state index contributed by atoms with van der Waals surface area (Å²) in [7, 11) is 0. The Kier molecular flexibility index (Phi) is 5.34. The number of para-hydroxylation sites is 1. The fraction of sp³-hybridized carbons (Fsp3) is 0.0417. The third-order valence-corrected chi connectivity index (χ3v) is 5.23. The molecule has 0 fully saturated rings. The number of halogens is 2. The molecule has 0 amide bonds. The number of nitrogens with zero attached hydrogens (tertiary/aromatic N) is 1. The first kappa shape index (κ1) is 18.5. The van der Waals surface area contributed by atoms with Crippen molar-refractivity contribution >= 4 is 46.0 Å². The molecule has 0 saturated heterocycles. The number of aromatic nitrogens is 1. The standard InChI is InChI=1S/C24H17Cl2NO/c25-20-12-10-19(22(26)14-20)16-27-15-18(21-8-4-5-9-23(21)27)11-13-24(28)17-6-2-1-3-7-17/h1-15H,16H2/b13-11+. The molecule has 28 heavy (non-hydrogen) atoms. The van der Waals surface area contributed by atoms with Crippen LogP contribution in [0.5, 0.6) is 0 Å². The van der Waals surface area contributed by atoms with E-state index in [1.807, 2.05) is 66.9 Å². The quantitative estimate of drug-likeness (QED) is 0.261. The largest absolute Gasteiger partial charge is 0.342 e. The van der Waals surface area contributed by atoms with Crippen LogP contribution in [-0.2, 0) is 6.54 Å². The molecule has 0 bridgehead atoms. The van der Waals surface area contributed by atoms with Gasteiger partial charge in [-0.15, -0.1) is 0 Å². The van der Waals surface area contributed by atoms with Crippen LogP contribution < -0.4 is 0 Å². The van der Waals surface area contributed by atoms with Crippen LogP contribution in [0.25, 0.3) is 17.0 Å². The zero-order valence-corrected chi connectivity index (χ0v) is 16.5. The minimum absolute atomic E-state index is 0.0156. The maximum Gasteiger partial charge on any atom is 0.185 e. The van der Waals surface area contributed by atoms with Crippen LogP contribution in [0.3, 0.4) is 0 Å². The van der Waals surface area contributed by atoms with E-state index in [2.05, 4.69) is 16.7 Å². The van der Waals surface area contributed by atoms with E-state index in [1.54, 1.807) is 12.1 Å². The van der Waals surface area contributed by atoms with Crippen molar-refractivity contribution in [3.05, 3.63) is 112 Å². The Balaban J connectivity index is 1.68. The number of carbonyl (C=O) groups excluding carboxylic acids is 1. The van der Waals surface area contributed by atoms with Gasteiger partial charge in [0.25, 0.3) is 0 Å². The minimum atomic E-state index is -0.0156. The molecule has 0 radical (unpaired) electrons. The first-order valence-electron chi connectivity index (χ1n) is 8.91. The molecule has 3 aromatic carbocycles. The Morgan fingerprint density at radius 3 is 2.46 bits per heavy atom. The molecule has 138 valence electrons. The Hall–Kier alpha value is -2.81. The van der Waals surface area contributed by atoms with Crippen molar-refractivity contribution in [3.63, 3.8) is 0 Å². The Labute approximate surface area is 173 Å². The number of rotatable bonds is 5. The van der Waals surface area contributed by atoms with Crippen LogP contribution in [-0.4, -0.2) is 10.4 Å². The number of ketones is 1. The average molecular weight is 406 g/mol. The van der Waals surface area contributed by atoms with Gasteiger partial charge in [0.1, 0.15) is 0 Å². The summed E-state index contributed by atoms with van der Waals surface area (Å²) in [5.74, 6) is -0.0156. The number of carbonyl (C=O) groups is 1. The molecule has 4 rings (SSSR count). The Bertz CT molecular complexity index is 1180. The molecule has 4 aromatic rings.